The number of aliphatic imine (C=N–C) groups is 1. The zero-order valence-electron chi connectivity index (χ0n) is 11.0. The maximum absolute atomic E-state index is 6.01. The number of thiophene rings is 1. The number of thioether (sulfide) groups is 1. The standard InChI is InChI=1S/C13H16N4OS2/c14-13(17-3-6-19-7-4-17)15-8-10-9-18-12(16-10)11-2-1-5-20-11/h1-2,5,9H,3-4,6-8H2,(H2,14,15). The number of nitrogens with two attached hydrogens (primary N) is 1. The summed E-state index contributed by atoms with van der Waals surface area (Å²) in [6.45, 7) is 2.41. The summed E-state index contributed by atoms with van der Waals surface area (Å²) >= 11 is 3.56. The molecule has 0 unspecified atom stereocenters. The Bertz CT molecular complexity index is 573. The van der Waals surface area contributed by atoms with E-state index < -0.39 is 0 Å². The van der Waals surface area contributed by atoms with Gasteiger partial charge in [0.1, 0.15) is 12.0 Å². The van der Waals surface area contributed by atoms with Crippen molar-refractivity contribution in [1.82, 2.24) is 9.88 Å². The number of guanidine groups is 1. The van der Waals surface area contributed by atoms with Crippen LogP contribution in [0.25, 0.3) is 10.8 Å². The fourth-order valence-corrected chi connectivity index (χ4v) is 3.51. The van der Waals surface area contributed by atoms with Gasteiger partial charge >= 0.3 is 0 Å². The minimum absolute atomic E-state index is 0.463. The van der Waals surface area contributed by atoms with Gasteiger partial charge in [-0.15, -0.1) is 11.3 Å². The first-order valence-electron chi connectivity index (χ1n) is 6.44. The van der Waals surface area contributed by atoms with Gasteiger partial charge in [0.15, 0.2) is 5.96 Å². The quantitative estimate of drug-likeness (QED) is 0.696. The largest absolute Gasteiger partial charge is 0.443 e. The summed E-state index contributed by atoms with van der Waals surface area (Å²) in [5.74, 6) is 3.48. The Morgan fingerprint density at radius 3 is 3.05 bits per heavy atom. The molecule has 0 spiro atoms. The van der Waals surface area contributed by atoms with Crippen molar-refractivity contribution in [2.75, 3.05) is 24.6 Å². The van der Waals surface area contributed by atoms with Crippen molar-refractivity contribution in [3.05, 3.63) is 29.5 Å². The van der Waals surface area contributed by atoms with Crippen LogP contribution in [0.4, 0.5) is 0 Å². The molecular weight excluding hydrogens is 292 g/mol. The summed E-state index contributed by atoms with van der Waals surface area (Å²) in [4.78, 5) is 12.0. The number of nitrogens with zero attached hydrogens (tertiary/aromatic N) is 3. The van der Waals surface area contributed by atoms with Gasteiger partial charge in [0.25, 0.3) is 0 Å². The van der Waals surface area contributed by atoms with Crippen LogP contribution in [0.3, 0.4) is 0 Å². The molecular formula is C13H16N4OS2. The lowest BCUT2D eigenvalue weighted by molar-refractivity contribution is 0.455. The van der Waals surface area contributed by atoms with Gasteiger partial charge in [0.05, 0.1) is 11.4 Å². The van der Waals surface area contributed by atoms with Crippen LogP contribution in [0.2, 0.25) is 0 Å². The highest BCUT2D eigenvalue weighted by Crippen LogP contribution is 2.23. The molecule has 2 aromatic rings. The highest BCUT2D eigenvalue weighted by molar-refractivity contribution is 7.99. The normalized spacial score (nSPS) is 16.6. The molecule has 2 aromatic heterocycles. The molecule has 0 aliphatic carbocycles. The average Bonchev–Trinajstić information content (AvgIpc) is 3.16. The second kappa shape index (κ2) is 6.32. The number of oxazole rings is 1. The van der Waals surface area contributed by atoms with Crippen molar-refractivity contribution in [1.29, 1.82) is 0 Å². The van der Waals surface area contributed by atoms with Crippen LogP contribution >= 0.6 is 23.1 Å². The topological polar surface area (TPSA) is 67.6 Å². The maximum Gasteiger partial charge on any atom is 0.236 e. The molecule has 106 valence electrons. The van der Waals surface area contributed by atoms with Crippen molar-refractivity contribution >= 4 is 29.1 Å². The summed E-state index contributed by atoms with van der Waals surface area (Å²) in [7, 11) is 0. The van der Waals surface area contributed by atoms with Crippen LogP contribution in [-0.4, -0.2) is 40.4 Å². The van der Waals surface area contributed by atoms with E-state index in [1.165, 1.54) is 0 Å². The third-order valence-corrected chi connectivity index (χ3v) is 4.82. The van der Waals surface area contributed by atoms with E-state index >= 15 is 0 Å². The minimum atomic E-state index is 0.463. The van der Waals surface area contributed by atoms with Gasteiger partial charge in [-0.05, 0) is 11.4 Å². The van der Waals surface area contributed by atoms with Crippen LogP contribution in [0.1, 0.15) is 5.69 Å². The fourth-order valence-electron chi connectivity index (χ4n) is 1.95. The summed E-state index contributed by atoms with van der Waals surface area (Å²) < 4.78 is 5.46. The van der Waals surface area contributed by atoms with Gasteiger partial charge in [-0.2, -0.15) is 11.8 Å². The number of hydrogen-bond acceptors (Lipinski definition) is 5. The molecule has 1 aliphatic rings. The fraction of sp³-hybridized carbons (Fsp3) is 0.385. The van der Waals surface area contributed by atoms with Gasteiger partial charge in [-0.25, -0.2) is 9.98 Å². The summed E-state index contributed by atoms with van der Waals surface area (Å²) in [5.41, 5.74) is 6.82. The third kappa shape index (κ3) is 3.16. The van der Waals surface area contributed by atoms with Crippen molar-refractivity contribution in [2.45, 2.75) is 6.54 Å². The first-order chi connectivity index (χ1) is 9.83. The average molecular weight is 308 g/mol. The predicted molar refractivity (Wildman–Crippen MR) is 84.0 cm³/mol. The van der Waals surface area contributed by atoms with Crippen molar-refractivity contribution in [3.63, 3.8) is 0 Å². The van der Waals surface area contributed by atoms with Gasteiger partial charge in [0, 0.05) is 24.6 Å². The molecule has 1 saturated heterocycles. The maximum atomic E-state index is 6.01. The second-order valence-corrected chi connectivity index (χ2v) is 6.57. The molecule has 5 nitrogen and oxygen atoms in total. The van der Waals surface area contributed by atoms with Crippen LogP contribution in [0.5, 0.6) is 0 Å². The van der Waals surface area contributed by atoms with E-state index in [1.807, 2.05) is 29.3 Å². The van der Waals surface area contributed by atoms with E-state index in [-0.39, 0.29) is 0 Å². The lowest BCUT2D eigenvalue weighted by Gasteiger charge is -2.27. The van der Waals surface area contributed by atoms with Gasteiger partial charge in [0.2, 0.25) is 5.89 Å². The monoisotopic (exact) mass is 308 g/mol. The Morgan fingerprint density at radius 1 is 1.45 bits per heavy atom. The lowest BCUT2D eigenvalue weighted by atomic mass is 10.4. The molecule has 2 N–H and O–H groups in total. The molecule has 3 heterocycles. The smallest absolute Gasteiger partial charge is 0.236 e. The van der Waals surface area contributed by atoms with E-state index in [0.29, 0.717) is 18.4 Å². The molecule has 0 atom stereocenters. The Labute approximate surface area is 125 Å². The number of aromatic nitrogens is 1. The minimum Gasteiger partial charge on any atom is -0.443 e. The Balaban J connectivity index is 1.63. The van der Waals surface area contributed by atoms with Gasteiger partial charge in [-0.1, -0.05) is 6.07 Å². The second-order valence-electron chi connectivity index (χ2n) is 4.40. The predicted octanol–water partition coefficient (Wildman–Crippen LogP) is 2.27. The van der Waals surface area contributed by atoms with Crippen LogP contribution < -0.4 is 5.73 Å². The Hall–Kier alpha value is -1.47. The summed E-state index contributed by atoms with van der Waals surface area (Å²) in [5, 5.41) is 2.00. The van der Waals surface area contributed by atoms with Crippen molar-refractivity contribution < 1.29 is 4.42 Å². The molecule has 0 bridgehead atoms. The third-order valence-electron chi connectivity index (χ3n) is 3.02. The summed E-state index contributed by atoms with van der Waals surface area (Å²) in [6.07, 6.45) is 1.65. The highest BCUT2D eigenvalue weighted by Gasteiger charge is 2.12. The molecule has 0 aromatic carbocycles. The van der Waals surface area contributed by atoms with E-state index in [0.717, 1.165) is 35.2 Å². The molecule has 7 heteroatoms. The first-order valence-corrected chi connectivity index (χ1v) is 8.47. The molecule has 1 fully saturated rings. The molecule has 0 radical (unpaired) electrons. The first kappa shape index (κ1) is 13.5. The molecule has 1 aliphatic heterocycles. The zero-order valence-corrected chi connectivity index (χ0v) is 12.6. The van der Waals surface area contributed by atoms with Crippen LogP contribution in [0, 0.1) is 0 Å². The summed E-state index contributed by atoms with van der Waals surface area (Å²) in [6, 6.07) is 3.97. The molecule has 0 saturated carbocycles. The Morgan fingerprint density at radius 2 is 2.30 bits per heavy atom. The van der Waals surface area contributed by atoms with E-state index in [9.17, 15) is 0 Å². The highest BCUT2D eigenvalue weighted by atomic mass is 32.2. The number of rotatable bonds is 3. The van der Waals surface area contributed by atoms with Crippen molar-refractivity contribution in [3.8, 4) is 10.8 Å². The molecule has 20 heavy (non-hydrogen) atoms. The van der Waals surface area contributed by atoms with E-state index in [1.54, 1.807) is 17.6 Å². The van der Waals surface area contributed by atoms with Crippen LogP contribution in [-0.2, 0) is 6.54 Å². The van der Waals surface area contributed by atoms with Gasteiger partial charge in [-0.3, -0.25) is 0 Å². The van der Waals surface area contributed by atoms with Gasteiger partial charge < -0.3 is 15.1 Å². The number of hydrogen-bond donors (Lipinski definition) is 1. The molecule has 0 amide bonds. The van der Waals surface area contributed by atoms with Crippen molar-refractivity contribution in [2.24, 2.45) is 10.7 Å². The SMILES string of the molecule is NC(=NCc1coc(-c2cccs2)n1)N1CCSCC1. The lowest BCUT2D eigenvalue weighted by Crippen LogP contribution is -2.42. The molecule has 3 rings (SSSR count). The van der Waals surface area contributed by atoms with E-state index in [4.69, 9.17) is 10.2 Å². The Kier molecular flexibility index (Phi) is 4.27. The zero-order chi connectivity index (χ0) is 13.8. The van der Waals surface area contributed by atoms with Crippen LogP contribution in [0.15, 0.2) is 33.2 Å². The van der Waals surface area contributed by atoms with E-state index in [2.05, 4.69) is 14.9 Å².